The van der Waals surface area contributed by atoms with E-state index in [2.05, 4.69) is 26.7 Å². The van der Waals surface area contributed by atoms with E-state index in [1.165, 1.54) is 44.2 Å². The highest BCUT2D eigenvalue weighted by molar-refractivity contribution is 7.83. The lowest BCUT2D eigenvalue weighted by molar-refractivity contribution is 0.252. The fourth-order valence-electron chi connectivity index (χ4n) is 4.38. The lowest BCUT2D eigenvalue weighted by Crippen LogP contribution is -2.46. The zero-order valence-corrected chi connectivity index (χ0v) is 18.2. The van der Waals surface area contributed by atoms with Crippen molar-refractivity contribution in [1.82, 2.24) is 9.62 Å². The van der Waals surface area contributed by atoms with Gasteiger partial charge in [-0.1, -0.05) is 31.4 Å². The van der Waals surface area contributed by atoms with Crippen LogP contribution in [0.25, 0.3) is 0 Å². The van der Waals surface area contributed by atoms with Gasteiger partial charge in [-0.2, -0.15) is 0 Å². The molecular formula is C22H37N3O2S. The standard InChI is InChI=1S/C22H37N3O2S/c1-27-22-12-6-5-11-21(22)25-17-15-24(16-18-25)14-8-7-13-23-28(26)19-20-9-3-2-4-10-20/h5-6,11-12,20,23H,2-4,7-10,13-19H2,1H3. The van der Waals surface area contributed by atoms with Gasteiger partial charge in [0.25, 0.3) is 0 Å². The van der Waals surface area contributed by atoms with Gasteiger partial charge >= 0.3 is 0 Å². The highest BCUT2D eigenvalue weighted by Crippen LogP contribution is 2.28. The average molecular weight is 408 g/mol. The smallest absolute Gasteiger partial charge is 0.142 e. The number of nitrogens with one attached hydrogen (secondary N) is 1. The van der Waals surface area contributed by atoms with E-state index in [9.17, 15) is 4.21 Å². The van der Waals surface area contributed by atoms with Crippen molar-refractivity contribution in [3.05, 3.63) is 24.3 Å². The molecule has 0 amide bonds. The molecule has 0 aromatic heterocycles. The molecular weight excluding hydrogens is 370 g/mol. The number of para-hydroxylation sites is 2. The third-order valence-corrected chi connectivity index (χ3v) is 7.37. The molecule has 3 rings (SSSR count). The van der Waals surface area contributed by atoms with Gasteiger partial charge in [-0.05, 0) is 50.3 Å². The predicted molar refractivity (Wildman–Crippen MR) is 118 cm³/mol. The highest BCUT2D eigenvalue weighted by atomic mass is 32.2. The SMILES string of the molecule is COc1ccccc1N1CCN(CCCCNS(=O)CC2CCCCC2)CC1. The van der Waals surface area contributed by atoms with E-state index in [4.69, 9.17) is 4.74 Å². The van der Waals surface area contributed by atoms with Crippen LogP contribution in [0.2, 0.25) is 0 Å². The lowest BCUT2D eigenvalue weighted by Gasteiger charge is -2.36. The number of nitrogens with zero attached hydrogens (tertiary/aromatic N) is 2. The zero-order valence-electron chi connectivity index (χ0n) is 17.4. The molecule has 1 aromatic carbocycles. The molecule has 2 aliphatic rings. The molecule has 1 atom stereocenters. The third kappa shape index (κ3) is 6.75. The fourth-order valence-corrected chi connectivity index (χ4v) is 5.63. The minimum absolute atomic E-state index is 0.682. The average Bonchev–Trinajstić information content (AvgIpc) is 2.74. The maximum atomic E-state index is 12.2. The van der Waals surface area contributed by atoms with Crippen LogP contribution < -0.4 is 14.4 Å². The second kappa shape index (κ2) is 11.8. The first-order valence-electron chi connectivity index (χ1n) is 11.0. The predicted octanol–water partition coefficient (Wildman–Crippen LogP) is 3.43. The fraction of sp³-hybridized carbons (Fsp3) is 0.727. The number of piperazine rings is 1. The van der Waals surface area contributed by atoms with E-state index in [0.717, 1.165) is 57.2 Å². The Morgan fingerprint density at radius 1 is 1.07 bits per heavy atom. The van der Waals surface area contributed by atoms with Gasteiger partial charge in [-0.15, -0.1) is 0 Å². The van der Waals surface area contributed by atoms with E-state index in [-0.39, 0.29) is 0 Å². The van der Waals surface area contributed by atoms with Crippen molar-refractivity contribution in [1.29, 1.82) is 0 Å². The van der Waals surface area contributed by atoms with Crippen molar-refractivity contribution in [3.63, 3.8) is 0 Å². The topological polar surface area (TPSA) is 44.8 Å². The first kappa shape index (κ1) is 21.6. The molecule has 0 spiro atoms. The van der Waals surface area contributed by atoms with Crippen molar-refractivity contribution in [2.75, 3.05) is 57.0 Å². The minimum Gasteiger partial charge on any atom is -0.495 e. The Kier molecular flexibility index (Phi) is 9.09. The summed E-state index contributed by atoms with van der Waals surface area (Å²) in [5, 5.41) is 0. The summed E-state index contributed by atoms with van der Waals surface area (Å²) in [7, 11) is 0.904. The Bertz CT molecular complexity index is 599. The summed E-state index contributed by atoms with van der Waals surface area (Å²) in [6.07, 6.45) is 8.83. The van der Waals surface area contributed by atoms with Gasteiger partial charge in [0, 0.05) is 38.5 Å². The van der Waals surface area contributed by atoms with E-state index in [1.54, 1.807) is 7.11 Å². The van der Waals surface area contributed by atoms with Crippen molar-refractivity contribution >= 4 is 16.7 Å². The minimum atomic E-state index is -0.837. The molecule has 1 aliphatic heterocycles. The molecule has 1 aliphatic carbocycles. The summed E-state index contributed by atoms with van der Waals surface area (Å²) in [4.78, 5) is 4.97. The summed E-state index contributed by atoms with van der Waals surface area (Å²) in [5.74, 6) is 2.50. The monoisotopic (exact) mass is 407 g/mol. The summed E-state index contributed by atoms with van der Waals surface area (Å²) in [6.45, 7) is 6.30. The van der Waals surface area contributed by atoms with E-state index >= 15 is 0 Å². The summed E-state index contributed by atoms with van der Waals surface area (Å²) < 4.78 is 20.9. The maximum Gasteiger partial charge on any atom is 0.142 e. The first-order valence-corrected chi connectivity index (χ1v) is 12.3. The molecule has 1 aromatic rings. The second-order valence-electron chi connectivity index (χ2n) is 8.12. The Morgan fingerprint density at radius 2 is 1.82 bits per heavy atom. The third-order valence-electron chi connectivity index (χ3n) is 6.07. The normalized spacial score (nSPS) is 20.2. The molecule has 28 heavy (non-hydrogen) atoms. The summed E-state index contributed by atoms with van der Waals surface area (Å²) >= 11 is 0. The largest absolute Gasteiger partial charge is 0.495 e. The quantitative estimate of drug-likeness (QED) is 0.604. The van der Waals surface area contributed by atoms with Crippen LogP contribution in [0.4, 0.5) is 5.69 Å². The number of anilines is 1. The van der Waals surface area contributed by atoms with E-state index in [0.29, 0.717) is 5.92 Å². The Hall–Kier alpha value is -1.11. The molecule has 5 nitrogen and oxygen atoms in total. The highest BCUT2D eigenvalue weighted by Gasteiger charge is 2.19. The van der Waals surface area contributed by atoms with Crippen LogP contribution in [-0.4, -0.2) is 61.2 Å². The van der Waals surface area contributed by atoms with Crippen molar-refractivity contribution in [2.45, 2.75) is 44.9 Å². The molecule has 158 valence electrons. The van der Waals surface area contributed by atoms with E-state index < -0.39 is 11.0 Å². The Morgan fingerprint density at radius 3 is 2.57 bits per heavy atom. The summed E-state index contributed by atoms with van der Waals surface area (Å²) in [5.41, 5.74) is 1.20. The number of unbranched alkanes of at least 4 members (excludes halogenated alkanes) is 1. The van der Waals surface area contributed by atoms with Gasteiger partial charge in [-0.25, -0.2) is 8.93 Å². The summed E-state index contributed by atoms with van der Waals surface area (Å²) in [6, 6.07) is 8.28. The molecule has 1 saturated heterocycles. The maximum absolute atomic E-state index is 12.2. The van der Waals surface area contributed by atoms with Crippen LogP contribution in [0.1, 0.15) is 44.9 Å². The molecule has 1 N–H and O–H groups in total. The molecule has 0 radical (unpaired) electrons. The van der Waals surface area contributed by atoms with Crippen LogP contribution in [0.5, 0.6) is 5.75 Å². The number of benzene rings is 1. The van der Waals surface area contributed by atoms with Crippen LogP contribution in [0.3, 0.4) is 0 Å². The number of methoxy groups -OCH3 is 1. The van der Waals surface area contributed by atoms with Crippen LogP contribution >= 0.6 is 0 Å². The van der Waals surface area contributed by atoms with Crippen LogP contribution in [0, 0.1) is 5.92 Å². The first-order chi connectivity index (χ1) is 13.8. The molecule has 1 unspecified atom stereocenters. The zero-order chi connectivity index (χ0) is 19.6. The number of hydrogen-bond acceptors (Lipinski definition) is 4. The van der Waals surface area contributed by atoms with Gasteiger partial charge < -0.3 is 9.64 Å². The van der Waals surface area contributed by atoms with Crippen molar-refractivity contribution < 1.29 is 8.95 Å². The van der Waals surface area contributed by atoms with Crippen LogP contribution in [-0.2, 0) is 11.0 Å². The number of hydrogen-bond donors (Lipinski definition) is 1. The molecule has 0 bridgehead atoms. The van der Waals surface area contributed by atoms with Gasteiger partial charge in [-0.3, -0.25) is 4.90 Å². The molecule has 1 saturated carbocycles. The molecule has 1 heterocycles. The van der Waals surface area contributed by atoms with Gasteiger partial charge in [0.05, 0.1) is 23.8 Å². The van der Waals surface area contributed by atoms with Crippen molar-refractivity contribution in [3.8, 4) is 5.75 Å². The van der Waals surface area contributed by atoms with Gasteiger partial charge in [0.2, 0.25) is 0 Å². The van der Waals surface area contributed by atoms with Crippen LogP contribution in [0.15, 0.2) is 24.3 Å². The Labute approximate surface area is 173 Å². The number of rotatable bonds is 10. The molecule has 6 heteroatoms. The molecule has 2 fully saturated rings. The second-order valence-corrected chi connectivity index (χ2v) is 9.43. The lowest BCUT2D eigenvalue weighted by atomic mass is 9.91. The number of ether oxygens (including phenoxy) is 1. The van der Waals surface area contributed by atoms with Gasteiger partial charge in [0.15, 0.2) is 0 Å². The van der Waals surface area contributed by atoms with E-state index in [1.807, 2.05) is 12.1 Å². The van der Waals surface area contributed by atoms with Crippen molar-refractivity contribution in [2.24, 2.45) is 5.92 Å². The van der Waals surface area contributed by atoms with Gasteiger partial charge in [0.1, 0.15) is 5.75 Å². The Balaban J connectivity index is 1.26.